The van der Waals surface area contributed by atoms with Crippen molar-refractivity contribution < 1.29 is 26.9 Å². The van der Waals surface area contributed by atoms with E-state index in [0.717, 1.165) is 5.56 Å². The molecule has 0 N–H and O–H groups in total. The predicted molar refractivity (Wildman–Crippen MR) is 103 cm³/mol. The molecule has 0 unspecified atom stereocenters. The molecule has 0 saturated carbocycles. The highest BCUT2D eigenvalue weighted by atomic mass is 32.2. The van der Waals surface area contributed by atoms with E-state index in [-0.39, 0.29) is 17.3 Å². The van der Waals surface area contributed by atoms with E-state index in [0.29, 0.717) is 11.3 Å². The third-order valence-corrected chi connectivity index (χ3v) is 5.12. The fraction of sp³-hybridized carbons (Fsp3) is 0.0952. The molecule has 3 aromatic rings. The van der Waals surface area contributed by atoms with Crippen LogP contribution < -0.4 is 8.92 Å². The Balaban J connectivity index is 1.63. The van der Waals surface area contributed by atoms with Crippen LogP contribution in [0.4, 0.5) is 0 Å². The number of ether oxygens (including phenoxy) is 2. The van der Waals surface area contributed by atoms with Gasteiger partial charge in [0.15, 0.2) is 0 Å². The normalized spacial score (nSPS) is 10.9. The van der Waals surface area contributed by atoms with Gasteiger partial charge in [0, 0.05) is 0 Å². The van der Waals surface area contributed by atoms with Crippen LogP contribution in [-0.2, 0) is 21.5 Å². The van der Waals surface area contributed by atoms with Crippen molar-refractivity contribution in [3.63, 3.8) is 0 Å². The molecule has 0 atom stereocenters. The highest BCUT2D eigenvalue weighted by molar-refractivity contribution is 7.87. The molecule has 144 valence electrons. The number of esters is 1. The Morgan fingerprint density at radius 1 is 0.821 bits per heavy atom. The molecule has 0 aliphatic rings. The maximum Gasteiger partial charge on any atom is 0.339 e. The standard InChI is InChI=1S/C21H18O6S/c1-25-18-11-13-20(14-12-18)28(23,24)27-19-9-7-17(8-10-19)21(22)26-15-16-5-3-2-4-6-16/h2-14H,15H2,1H3. The molecule has 3 rings (SSSR count). The molecule has 3 aromatic carbocycles. The van der Waals surface area contributed by atoms with Crippen LogP contribution in [0.5, 0.6) is 11.5 Å². The minimum Gasteiger partial charge on any atom is -0.497 e. The number of hydrogen-bond acceptors (Lipinski definition) is 6. The van der Waals surface area contributed by atoms with Gasteiger partial charge in [-0.25, -0.2) is 4.79 Å². The predicted octanol–water partition coefficient (Wildman–Crippen LogP) is 3.82. The minimum atomic E-state index is -3.99. The highest BCUT2D eigenvalue weighted by Gasteiger charge is 2.17. The number of benzene rings is 3. The van der Waals surface area contributed by atoms with Gasteiger partial charge in [-0.1, -0.05) is 30.3 Å². The molecule has 0 heterocycles. The molecule has 6 nitrogen and oxygen atoms in total. The molecule has 0 bridgehead atoms. The van der Waals surface area contributed by atoms with E-state index >= 15 is 0 Å². The summed E-state index contributed by atoms with van der Waals surface area (Å²) >= 11 is 0. The molecule has 0 aromatic heterocycles. The van der Waals surface area contributed by atoms with Crippen molar-refractivity contribution in [3.8, 4) is 11.5 Å². The Bertz CT molecular complexity index is 1030. The summed E-state index contributed by atoms with van der Waals surface area (Å²) in [5, 5.41) is 0. The first-order chi connectivity index (χ1) is 13.5. The van der Waals surface area contributed by atoms with Crippen molar-refractivity contribution in [1.82, 2.24) is 0 Å². The van der Waals surface area contributed by atoms with E-state index in [4.69, 9.17) is 13.7 Å². The van der Waals surface area contributed by atoms with Crippen molar-refractivity contribution in [2.24, 2.45) is 0 Å². The van der Waals surface area contributed by atoms with E-state index in [1.54, 1.807) is 0 Å². The fourth-order valence-corrected chi connectivity index (χ4v) is 3.30. The van der Waals surface area contributed by atoms with Crippen molar-refractivity contribution in [1.29, 1.82) is 0 Å². The first-order valence-electron chi connectivity index (χ1n) is 8.37. The summed E-state index contributed by atoms with van der Waals surface area (Å²) in [6.45, 7) is 0.157. The third-order valence-electron chi connectivity index (χ3n) is 3.86. The van der Waals surface area contributed by atoms with Crippen molar-refractivity contribution >= 4 is 16.1 Å². The van der Waals surface area contributed by atoms with Crippen LogP contribution in [-0.4, -0.2) is 21.5 Å². The molecule has 0 fully saturated rings. The molecule has 0 aliphatic carbocycles. The average Bonchev–Trinajstić information content (AvgIpc) is 2.73. The smallest absolute Gasteiger partial charge is 0.339 e. The number of hydrogen-bond donors (Lipinski definition) is 0. The summed E-state index contributed by atoms with van der Waals surface area (Å²) in [6, 6.07) is 20.9. The van der Waals surface area contributed by atoms with Crippen LogP contribution in [0.25, 0.3) is 0 Å². The largest absolute Gasteiger partial charge is 0.497 e. The van der Waals surface area contributed by atoms with Crippen LogP contribution in [0, 0.1) is 0 Å². The summed E-state index contributed by atoms with van der Waals surface area (Å²) in [4.78, 5) is 12.1. The molecule has 7 heteroatoms. The number of rotatable bonds is 7. The second-order valence-electron chi connectivity index (χ2n) is 5.80. The van der Waals surface area contributed by atoms with E-state index in [9.17, 15) is 13.2 Å². The van der Waals surface area contributed by atoms with Crippen LogP contribution in [0.2, 0.25) is 0 Å². The van der Waals surface area contributed by atoms with Gasteiger partial charge < -0.3 is 13.7 Å². The Morgan fingerprint density at radius 3 is 2.04 bits per heavy atom. The molecular formula is C21H18O6S. The maximum absolute atomic E-state index is 12.3. The third kappa shape index (κ3) is 4.89. The molecule has 0 aliphatic heterocycles. The average molecular weight is 398 g/mol. The van der Waals surface area contributed by atoms with Gasteiger partial charge in [0.1, 0.15) is 23.0 Å². The Kier molecular flexibility index (Phi) is 5.96. The minimum absolute atomic E-state index is 0.000327. The highest BCUT2D eigenvalue weighted by Crippen LogP contribution is 2.21. The van der Waals surface area contributed by atoms with Gasteiger partial charge in [-0.3, -0.25) is 0 Å². The molecule has 0 spiro atoms. The van der Waals surface area contributed by atoms with E-state index in [2.05, 4.69) is 0 Å². The Labute approximate surface area is 163 Å². The van der Waals surface area contributed by atoms with E-state index in [1.165, 1.54) is 55.6 Å². The van der Waals surface area contributed by atoms with Gasteiger partial charge in [-0.2, -0.15) is 8.42 Å². The van der Waals surface area contributed by atoms with Gasteiger partial charge >= 0.3 is 16.1 Å². The topological polar surface area (TPSA) is 78.9 Å². The van der Waals surface area contributed by atoms with Crippen LogP contribution in [0.3, 0.4) is 0 Å². The maximum atomic E-state index is 12.3. The summed E-state index contributed by atoms with van der Waals surface area (Å²) in [5.74, 6) is 0.126. The second-order valence-corrected chi connectivity index (χ2v) is 7.35. The van der Waals surface area contributed by atoms with Gasteiger partial charge in [0.05, 0.1) is 12.7 Å². The fourth-order valence-electron chi connectivity index (χ4n) is 2.37. The van der Waals surface area contributed by atoms with Crippen LogP contribution in [0.1, 0.15) is 15.9 Å². The molecular weight excluding hydrogens is 380 g/mol. The first kappa shape index (κ1) is 19.4. The molecule has 0 saturated heterocycles. The SMILES string of the molecule is COc1ccc(S(=O)(=O)Oc2ccc(C(=O)OCc3ccccc3)cc2)cc1. The quantitative estimate of drug-likeness (QED) is 0.445. The van der Waals surface area contributed by atoms with Gasteiger partial charge in [0.25, 0.3) is 0 Å². The zero-order valence-electron chi connectivity index (χ0n) is 15.1. The monoisotopic (exact) mass is 398 g/mol. The summed E-state index contributed by atoms with van der Waals surface area (Å²) in [6.07, 6.45) is 0. The number of carbonyl (C=O) groups excluding carboxylic acids is 1. The summed E-state index contributed by atoms with van der Waals surface area (Å²) < 4.78 is 40.0. The Morgan fingerprint density at radius 2 is 1.43 bits per heavy atom. The van der Waals surface area contributed by atoms with E-state index in [1.807, 2.05) is 30.3 Å². The van der Waals surface area contributed by atoms with Crippen LogP contribution >= 0.6 is 0 Å². The lowest BCUT2D eigenvalue weighted by molar-refractivity contribution is 0.0472. The van der Waals surface area contributed by atoms with Gasteiger partial charge in [-0.05, 0) is 54.1 Å². The second kappa shape index (κ2) is 8.58. The van der Waals surface area contributed by atoms with E-state index < -0.39 is 16.1 Å². The summed E-state index contributed by atoms with van der Waals surface area (Å²) in [5.41, 5.74) is 1.17. The van der Waals surface area contributed by atoms with Crippen molar-refractivity contribution in [3.05, 3.63) is 90.0 Å². The lowest BCUT2D eigenvalue weighted by Crippen LogP contribution is -2.10. The number of carbonyl (C=O) groups is 1. The molecule has 28 heavy (non-hydrogen) atoms. The van der Waals surface area contributed by atoms with Crippen LogP contribution in [0.15, 0.2) is 83.8 Å². The lowest BCUT2D eigenvalue weighted by atomic mass is 10.2. The first-order valence-corrected chi connectivity index (χ1v) is 9.78. The Hall–Kier alpha value is -3.32. The lowest BCUT2D eigenvalue weighted by Gasteiger charge is -2.09. The molecule has 0 amide bonds. The van der Waals surface area contributed by atoms with Gasteiger partial charge in [-0.15, -0.1) is 0 Å². The van der Waals surface area contributed by atoms with Gasteiger partial charge in [0.2, 0.25) is 0 Å². The summed E-state index contributed by atoms with van der Waals surface area (Å²) in [7, 11) is -2.50. The molecule has 0 radical (unpaired) electrons. The zero-order chi connectivity index (χ0) is 20.0. The van der Waals surface area contributed by atoms with Crippen molar-refractivity contribution in [2.45, 2.75) is 11.5 Å². The number of methoxy groups -OCH3 is 1. The van der Waals surface area contributed by atoms with Crippen molar-refractivity contribution in [2.75, 3.05) is 7.11 Å². The zero-order valence-corrected chi connectivity index (χ0v) is 15.9.